The van der Waals surface area contributed by atoms with Crippen LogP contribution in [0.3, 0.4) is 0 Å². The predicted molar refractivity (Wildman–Crippen MR) is 47.4 cm³/mol. The van der Waals surface area contributed by atoms with E-state index in [1.807, 2.05) is 0 Å². The van der Waals surface area contributed by atoms with Gasteiger partial charge < -0.3 is 4.98 Å². The van der Waals surface area contributed by atoms with Crippen LogP contribution >= 0.6 is 0 Å². The third kappa shape index (κ3) is 1.88. The van der Waals surface area contributed by atoms with Crippen LogP contribution in [0.5, 0.6) is 0 Å². The van der Waals surface area contributed by atoms with Crippen molar-refractivity contribution in [3.8, 4) is 12.3 Å². The Morgan fingerprint density at radius 3 is 2.73 bits per heavy atom. The van der Waals surface area contributed by atoms with Crippen molar-refractivity contribution >= 4 is 0 Å². The summed E-state index contributed by atoms with van der Waals surface area (Å²) >= 11 is 0. The van der Waals surface area contributed by atoms with E-state index in [4.69, 9.17) is 6.42 Å². The van der Waals surface area contributed by atoms with E-state index in [2.05, 4.69) is 30.8 Å². The van der Waals surface area contributed by atoms with E-state index in [-0.39, 0.29) is 0 Å². The van der Waals surface area contributed by atoms with Gasteiger partial charge >= 0.3 is 0 Å². The number of aryl methyl sites for hydroxylation is 3. The molecule has 1 heteroatoms. The fourth-order valence-electron chi connectivity index (χ4n) is 1.25. The summed E-state index contributed by atoms with van der Waals surface area (Å²) in [5.74, 6) is 2.64. The molecule has 1 N–H and O–H groups in total. The minimum absolute atomic E-state index is 0.831. The Hall–Kier alpha value is -1.16. The lowest BCUT2D eigenvalue weighted by molar-refractivity contribution is 1.01. The molecule has 0 aromatic carbocycles. The van der Waals surface area contributed by atoms with Crippen molar-refractivity contribution in [2.75, 3.05) is 0 Å². The molecule has 0 aliphatic carbocycles. The Morgan fingerprint density at radius 1 is 1.55 bits per heavy atom. The van der Waals surface area contributed by atoms with E-state index in [0.717, 1.165) is 12.8 Å². The standard InChI is InChI=1S/C10H13N/c1-4-5-6-10-7-8(2)11-9(10)3/h1,7,11H,5-6H2,2-3H3. The Labute approximate surface area is 67.8 Å². The summed E-state index contributed by atoms with van der Waals surface area (Å²) in [6.07, 6.45) is 7.00. The van der Waals surface area contributed by atoms with E-state index in [1.165, 1.54) is 17.0 Å². The second kappa shape index (κ2) is 3.30. The number of rotatable bonds is 2. The lowest BCUT2D eigenvalue weighted by Crippen LogP contribution is -1.83. The number of aromatic nitrogens is 1. The first-order valence-corrected chi connectivity index (χ1v) is 3.82. The Morgan fingerprint density at radius 2 is 2.27 bits per heavy atom. The van der Waals surface area contributed by atoms with E-state index in [9.17, 15) is 0 Å². The summed E-state index contributed by atoms with van der Waals surface area (Å²) in [6.45, 7) is 4.14. The molecule has 0 radical (unpaired) electrons. The van der Waals surface area contributed by atoms with Crippen LogP contribution in [0.15, 0.2) is 6.07 Å². The highest BCUT2D eigenvalue weighted by molar-refractivity contribution is 5.24. The molecule has 1 aromatic heterocycles. The van der Waals surface area contributed by atoms with Crippen molar-refractivity contribution in [2.45, 2.75) is 26.7 Å². The smallest absolute Gasteiger partial charge is 0.0150 e. The molecule has 1 heterocycles. The molecule has 0 saturated carbocycles. The highest BCUT2D eigenvalue weighted by Crippen LogP contribution is 2.10. The normalized spacial score (nSPS) is 9.55. The fraction of sp³-hybridized carbons (Fsp3) is 0.400. The van der Waals surface area contributed by atoms with Crippen molar-refractivity contribution in [3.05, 3.63) is 23.0 Å². The molecule has 1 nitrogen and oxygen atoms in total. The molecule has 0 fully saturated rings. The van der Waals surface area contributed by atoms with Crippen LogP contribution in [0.2, 0.25) is 0 Å². The van der Waals surface area contributed by atoms with Gasteiger partial charge in [0, 0.05) is 17.8 Å². The van der Waals surface area contributed by atoms with E-state index < -0.39 is 0 Å². The van der Waals surface area contributed by atoms with Crippen molar-refractivity contribution in [1.82, 2.24) is 4.98 Å². The van der Waals surface area contributed by atoms with Crippen molar-refractivity contribution in [3.63, 3.8) is 0 Å². The fourth-order valence-corrected chi connectivity index (χ4v) is 1.25. The second-order valence-corrected chi connectivity index (χ2v) is 2.81. The van der Waals surface area contributed by atoms with Crippen molar-refractivity contribution in [2.24, 2.45) is 0 Å². The molecule has 0 amide bonds. The molecule has 0 bridgehead atoms. The van der Waals surface area contributed by atoms with Gasteiger partial charge in [-0.15, -0.1) is 12.3 Å². The third-order valence-electron chi connectivity index (χ3n) is 1.80. The van der Waals surface area contributed by atoms with E-state index >= 15 is 0 Å². The van der Waals surface area contributed by atoms with Crippen LogP contribution < -0.4 is 0 Å². The first-order valence-electron chi connectivity index (χ1n) is 3.82. The quantitative estimate of drug-likeness (QED) is 0.617. The zero-order chi connectivity index (χ0) is 8.27. The average molecular weight is 147 g/mol. The minimum Gasteiger partial charge on any atom is -0.362 e. The maximum Gasteiger partial charge on any atom is 0.0150 e. The molecule has 0 atom stereocenters. The SMILES string of the molecule is C#CCCc1cc(C)[nH]c1C. The van der Waals surface area contributed by atoms with Gasteiger partial charge in [-0.05, 0) is 31.9 Å². The van der Waals surface area contributed by atoms with Gasteiger partial charge in [0.15, 0.2) is 0 Å². The molecular formula is C10H13N. The summed E-state index contributed by atoms with van der Waals surface area (Å²) in [5, 5.41) is 0. The van der Waals surface area contributed by atoms with E-state index in [1.54, 1.807) is 0 Å². The average Bonchev–Trinajstić information content (AvgIpc) is 2.26. The lowest BCUT2D eigenvalue weighted by atomic mass is 10.1. The van der Waals surface area contributed by atoms with Crippen molar-refractivity contribution in [1.29, 1.82) is 0 Å². The number of hydrogen-bond acceptors (Lipinski definition) is 0. The molecule has 0 saturated heterocycles. The zero-order valence-electron chi connectivity index (χ0n) is 7.07. The third-order valence-corrected chi connectivity index (χ3v) is 1.80. The van der Waals surface area contributed by atoms with E-state index in [0.29, 0.717) is 0 Å². The van der Waals surface area contributed by atoms with Gasteiger partial charge in [0.25, 0.3) is 0 Å². The van der Waals surface area contributed by atoms with Crippen LogP contribution in [0.25, 0.3) is 0 Å². The maximum absolute atomic E-state index is 5.17. The van der Waals surface area contributed by atoms with Crippen LogP contribution in [-0.4, -0.2) is 4.98 Å². The first-order chi connectivity index (χ1) is 5.24. The Balaban J connectivity index is 2.71. The van der Waals surface area contributed by atoms with Crippen LogP contribution in [0.1, 0.15) is 23.4 Å². The molecule has 58 valence electrons. The zero-order valence-corrected chi connectivity index (χ0v) is 7.07. The van der Waals surface area contributed by atoms with Crippen LogP contribution in [-0.2, 0) is 6.42 Å². The molecular weight excluding hydrogens is 134 g/mol. The van der Waals surface area contributed by atoms with Gasteiger partial charge in [-0.2, -0.15) is 0 Å². The highest BCUT2D eigenvalue weighted by Gasteiger charge is 1.99. The van der Waals surface area contributed by atoms with Gasteiger partial charge in [-0.1, -0.05) is 0 Å². The number of aromatic amines is 1. The predicted octanol–water partition coefficient (Wildman–Crippen LogP) is 2.20. The van der Waals surface area contributed by atoms with Crippen LogP contribution in [0, 0.1) is 26.2 Å². The Bertz CT molecular complexity index is 276. The summed E-state index contributed by atoms with van der Waals surface area (Å²) in [5.41, 5.74) is 3.81. The topological polar surface area (TPSA) is 15.8 Å². The molecule has 0 spiro atoms. The number of terminal acetylenes is 1. The minimum atomic E-state index is 0.831. The first kappa shape index (κ1) is 7.94. The monoisotopic (exact) mass is 147 g/mol. The van der Waals surface area contributed by atoms with Crippen LogP contribution in [0.4, 0.5) is 0 Å². The molecule has 1 aromatic rings. The molecule has 1 rings (SSSR count). The molecule has 0 aliphatic rings. The van der Waals surface area contributed by atoms with Crippen molar-refractivity contribution < 1.29 is 0 Å². The van der Waals surface area contributed by atoms with Gasteiger partial charge in [0.1, 0.15) is 0 Å². The molecule has 11 heavy (non-hydrogen) atoms. The highest BCUT2D eigenvalue weighted by atomic mass is 14.7. The number of hydrogen-bond donors (Lipinski definition) is 1. The molecule has 0 unspecified atom stereocenters. The maximum atomic E-state index is 5.17. The van der Waals surface area contributed by atoms with Gasteiger partial charge in [-0.3, -0.25) is 0 Å². The number of nitrogens with one attached hydrogen (secondary N) is 1. The summed E-state index contributed by atoms with van der Waals surface area (Å²) < 4.78 is 0. The number of H-pyrrole nitrogens is 1. The summed E-state index contributed by atoms with van der Waals surface area (Å²) in [7, 11) is 0. The lowest BCUT2D eigenvalue weighted by Gasteiger charge is -1.92. The van der Waals surface area contributed by atoms with Gasteiger partial charge in [-0.25, -0.2) is 0 Å². The largest absolute Gasteiger partial charge is 0.362 e. The van der Waals surface area contributed by atoms with Gasteiger partial charge in [0.2, 0.25) is 0 Å². The summed E-state index contributed by atoms with van der Waals surface area (Å²) in [4.78, 5) is 3.25. The van der Waals surface area contributed by atoms with Gasteiger partial charge in [0.05, 0.1) is 0 Å². The Kier molecular flexibility index (Phi) is 2.38. The second-order valence-electron chi connectivity index (χ2n) is 2.81. The molecule has 0 aliphatic heterocycles. The summed E-state index contributed by atoms with van der Waals surface area (Å²) in [6, 6.07) is 2.16.